The standard InChI is InChI=1S/C14H12N2O3/c1-17-11-6-2-3-7-12(11)18-9-13-16-10-5-4-8-15-14(10)19-13/h2-8H,9H2,1H3. The SMILES string of the molecule is COc1ccccc1OCc1nc2cccnc2o1. The Labute approximate surface area is 109 Å². The quantitative estimate of drug-likeness (QED) is 0.718. The lowest BCUT2D eigenvalue weighted by atomic mass is 10.3. The Bertz CT molecular complexity index is 661. The summed E-state index contributed by atoms with van der Waals surface area (Å²) >= 11 is 0. The van der Waals surface area contributed by atoms with Crippen LogP contribution in [0.15, 0.2) is 47.0 Å². The van der Waals surface area contributed by atoms with E-state index < -0.39 is 0 Å². The number of benzene rings is 1. The number of rotatable bonds is 4. The van der Waals surface area contributed by atoms with Crippen molar-refractivity contribution in [1.82, 2.24) is 9.97 Å². The topological polar surface area (TPSA) is 57.4 Å². The predicted molar refractivity (Wildman–Crippen MR) is 69.1 cm³/mol. The summed E-state index contributed by atoms with van der Waals surface area (Å²) in [5, 5.41) is 0. The van der Waals surface area contributed by atoms with Gasteiger partial charge in [-0.25, -0.2) is 9.97 Å². The first-order valence-corrected chi connectivity index (χ1v) is 5.83. The minimum Gasteiger partial charge on any atom is -0.493 e. The van der Waals surface area contributed by atoms with Crippen molar-refractivity contribution in [3.8, 4) is 11.5 Å². The molecule has 0 unspecified atom stereocenters. The molecule has 0 amide bonds. The van der Waals surface area contributed by atoms with Crippen LogP contribution in [-0.4, -0.2) is 17.1 Å². The van der Waals surface area contributed by atoms with Crippen molar-refractivity contribution in [2.24, 2.45) is 0 Å². The lowest BCUT2D eigenvalue weighted by Crippen LogP contribution is -1.97. The van der Waals surface area contributed by atoms with E-state index in [1.54, 1.807) is 13.3 Å². The second kappa shape index (κ2) is 4.97. The molecule has 3 rings (SSSR count). The summed E-state index contributed by atoms with van der Waals surface area (Å²) in [5.74, 6) is 1.82. The number of ether oxygens (including phenoxy) is 2. The minimum atomic E-state index is 0.233. The van der Waals surface area contributed by atoms with Gasteiger partial charge < -0.3 is 13.9 Å². The number of oxazole rings is 1. The van der Waals surface area contributed by atoms with E-state index in [1.165, 1.54) is 0 Å². The molecule has 2 heterocycles. The van der Waals surface area contributed by atoms with Crippen LogP contribution < -0.4 is 9.47 Å². The van der Waals surface area contributed by atoms with E-state index in [9.17, 15) is 0 Å². The molecule has 5 heteroatoms. The summed E-state index contributed by atoms with van der Waals surface area (Å²) in [6.45, 7) is 0.233. The van der Waals surface area contributed by atoms with Gasteiger partial charge in [-0.05, 0) is 24.3 Å². The molecular formula is C14H12N2O3. The molecule has 0 aliphatic carbocycles. The first-order chi connectivity index (χ1) is 9.36. The number of para-hydroxylation sites is 2. The number of nitrogens with zero attached hydrogens (tertiary/aromatic N) is 2. The molecule has 5 nitrogen and oxygen atoms in total. The van der Waals surface area contributed by atoms with Gasteiger partial charge in [0.2, 0.25) is 11.6 Å². The summed E-state index contributed by atoms with van der Waals surface area (Å²) in [6.07, 6.45) is 1.67. The molecule has 0 saturated carbocycles. The molecule has 0 N–H and O–H groups in total. The molecule has 0 aliphatic heterocycles. The fourth-order valence-corrected chi connectivity index (χ4v) is 1.75. The zero-order valence-electron chi connectivity index (χ0n) is 10.4. The molecule has 0 spiro atoms. The molecule has 0 radical (unpaired) electrons. The van der Waals surface area contributed by atoms with Gasteiger partial charge in [-0.15, -0.1) is 0 Å². The Morgan fingerprint density at radius 2 is 1.95 bits per heavy atom. The van der Waals surface area contributed by atoms with Crippen molar-refractivity contribution >= 4 is 11.2 Å². The van der Waals surface area contributed by atoms with Gasteiger partial charge in [-0.2, -0.15) is 0 Å². The predicted octanol–water partition coefficient (Wildman–Crippen LogP) is 2.81. The van der Waals surface area contributed by atoms with Crippen molar-refractivity contribution in [1.29, 1.82) is 0 Å². The number of methoxy groups -OCH3 is 1. The maximum Gasteiger partial charge on any atom is 0.247 e. The lowest BCUT2D eigenvalue weighted by molar-refractivity contribution is 0.253. The van der Waals surface area contributed by atoms with Crippen molar-refractivity contribution in [2.45, 2.75) is 6.61 Å². The number of hydrogen-bond acceptors (Lipinski definition) is 5. The molecule has 19 heavy (non-hydrogen) atoms. The summed E-state index contributed by atoms with van der Waals surface area (Å²) in [7, 11) is 1.60. The van der Waals surface area contributed by atoms with Crippen LogP contribution >= 0.6 is 0 Å². The Kier molecular flexibility index (Phi) is 3.02. The Balaban J connectivity index is 1.78. The third kappa shape index (κ3) is 2.35. The first kappa shape index (κ1) is 11.5. The van der Waals surface area contributed by atoms with E-state index in [0.717, 1.165) is 5.52 Å². The van der Waals surface area contributed by atoms with Gasteiger partial charge in [-0.3, -0.25) is 0 Å². The zero-order valence-corrected chi connectivity index (χ0v) is 10.4. The van der Waals surface area contributed by atoms with Crippen molar-refractivity contribution in [3.05, 3.63) is 48.5 Å². The van der Waals surface area contributed by atoms with Gasteiger partial charge in [0.1, 0.15) is 5.52 Å². The van der Waals surface area contributed by atoms with Crippen molar-refractivity contribution in [2.75, 3.05) is 7.11 Å². The summed E-state index contributed by atoms with van der Waals surface area (Å²) in [6, 6.07) is 11.1. The van der Waals surface area contributed by atoms with E-state index in [0.29, 0.717) is 23.1 Å². The Hall–Kier alpha value is -2.56. The summed E-state index contributed by atoms with van der Waals surface area (Å²) < 4.78 is 16.3. The number of hydrogen-bond donors (Lipinski definition) is 0. The number of pyridine rings is 1. The van der Waals surface area contributed by atoms with Crippen LogP contribution in [0.25, 0.3) is 11.2 Å². The Morgan fingerprint density at radius 1 is 1.11 bits per heavy atom. The van der Waals surface area contributed by atoms with Gasteiger partial charge in [0.05, 0.1) is 7.11 Å². The molecule has 0 bridgehead atoms. The lowest BCUT2D eigenvalue weighted by Gasteiger charge is -2.08. The second-order valence-electron chi connectivity index (χ2n) is 3.87. The highest BCUT2D eigenvalue weighted by molar-refractivity contribution is 5.67. The van der Waals surface area contributed by atoms with E-state index in [4.69, 9.17) is 13.9 Å². The fraction of sp³-hybridized carbons (Fsp3) is 0.143. The number of fused-ring (bicyclic) bond motifs is 1. The second-order valence-corrected chi connectivity index (χ2v) is 3.87. The number of aromatic nitrogens is 2. The van der Waals surface area contributed by atoms with Gasteiger partial charge >= 0.3 is 0 Å². The largest absolute Gasteiger partial charge is 0.493 e. The summed E-state index contributed by atoms with van der Waals surface area (Å²) in [5.41, 5.74) is 1.24. The molecule has 0 atom stereocenters. The molecule has 96 valence electrons. The molecule has 0 fully saturated rings. The normalized spacial score (nSPS) is 10.6. The fourth-order valence-electron chi connectivity index (χ4n) is 1.75. The van der Waals surface area contributed by atoms with Crippen molar-refractivity contribution in [3.63, 3.8) is 0 Å². The van der Waals surface area contributed by atoms with E-state index in [2.05, 4.69) is 9.97 Å². The highest BCUT2D eigenvalue weighted by Crippen LogP contribution is 2.26. The van der Waals surface area contributed by atoms with Gasteiger partial charge in [0.25, 0.3) is 0 Å². The van der Waals surface area contributed by atoms with Crippen LogP contribution in [0.5, 0.6) is 11.5 Å². The van der Waals surface area contributed by atoms with Crippen LogP contribution in [0.2, 0.25) is 0 Å². The molecule has 2 aromatic heterocycles. The van der Waals surface area contributed by atoms with Crippen LogP contribution in [0, 0.1) is 0 Å². The third-order valence-corrected chi connectivity index (χ3v) is 2.63. The molecule has 1 aromatic carbocycles. The van der Waals surface area contributed by atoms with E-state index in [-0.39, 0.29) is 6.61 Å². The van der Waals surface area contributed by atoms with Crippen LogP contribution in [0.1, 0.15) is 5.89 Å². The molecule has 3 aromatic rings. The minimum absolute atomic E-state index is 0.233. The molecule has 0 aliphatic rings. The highest BCUT2D eigenvalue weighted by atomic mass is 16.5. The average Bonchev–Trinajstić information content (AvgIpc) is 2.88. The van der Waals surface area contributed by atoms with Gasteiger partial charge in [0.15, 0.2) is 18.1 Å². The zero-order chi connectivity index (χ0) is 13.1. The van der Waals surface area contributed by atoms with Crippen molar-refractivity contribution < 1.29 is 13.9 Å². The van der Waals surface area contributed by atoms with E-state index >= 15 is 0 Å². The first-order valence-electron chi connectivity index (χ1n) is 5.83. The monoisotopic (exact) mass is 256 g/mol. The van der Waals surface area contributed by atoms with Gasteiger partial charge in [-0.1, -0.05) is 12.1 Å². The molecular weight excluding hydrogens is 244 g/mol. The van der Waals surface area contributed by atoms with Gasteiger partial charge in [0, 0.05) is 6.20 Å². The maximum absolute atomic E-state index is 5.63. The third-order valence-electron chi connectivity index (χ3n) is 2.63. The Morgan fingerprint density at radius 3 is 2.74 bits per heavy atom. The molecule has 0 saturated heterocycles. The smallest absolute Gasteiger partial charge is 0.247 e. The van der Waals surface area contributed by atoms with Crippen LogP contribution in [0.4, 0.5) is 0 Å². The highest BCUT2D eigenvalue weighted by Gasteiger charge is 2.08. The average molecular weight is 256 g/mol. The summed E-state index contributed by atoms with van der Waals surface area (Å²) in [4.78, 5) is 8.37. The van der Waals surface area contributed by atoms with Crippen LogP contribution in [0.3, 0.4) is 0 Å². The maximum atomic E-state index is 5.63. The van der Waals surface area contributed by atoms with Crippen LogP contribution in [-0.2, 0) is 6.61 Å². The van der Waals surface area contributed by atoms with E-state index in [1.807, 2.05) is 36.4 Å².